The van der Waals surface area contributed by atoms with Crippen molar-refractivity contribution in [2.45, 2.75) is 30.5 Å². The van der Waals surface area contributed by atoms with Gasteiger partial charge in [0.2, 0.25) is 5.91 Å². The SMILES string of the molecule is COCCCNC(=O)CSc1nc2ccccc2c(=O)n1C1CC1. The van der Waals surface area contributed by atoms with Crippen LogP contribution in [-0.2, 0) is 9.53 Å². The van der Waals surface area contributed by atoms with E-state index in [9.17, 15) is 9.59 Å². The monoisotopic (exact) mass is 347 g/mol. The molecule has 1 amide bonds. The average Bonchev–Trinajstić information content (AvgIpc) is 3.42. The number of aromatic nitrogens is 2. The number of para-hydroxylation sites is 1. The number of rotatable bonds is 8. The second-order valence-electron chi connectivity index (χ2n) is 5.80. The molecular weight excluding hydrogens is 326 g/mol. The number of amides is 1. The van der Waals surface area contributed by atoms with E-state index < -0.39 is 0 Å². The van der Waals surface area contributed by atoms with Gasteiger partial charge in [-0.2, -0.15) is 0 Å². The topological polar surface area (TPSA) is 73.2 Å². The van der Waals surface area contributed by atoms with Gasteiger partial charge in [-0.1, -0.05) is 23.9 Å². The van der Waals surface area contributed by atoms with Gasteiger partial charge >= 0.3 is 0 Å². The highest BCUT2D eigenvalue weighted by molar-refractivity contribution is 7.99. The van der Waals surface area contributed by atoms with E-state index in [1.54, 1.807) is 17.7 Å². The number of fused-ring (bicyclic) bond motifs is 1. The van der Waals surface area contributed by atoms with Gasteiger partial charge in [0.25, 0.3) is 5.56 Å². The first-order valence-electron chi connectivity index (χ1n) is 8.10. The Morgan fingerprint density at radius 1 is 1.42 bits per heavy atom. The van der Waals surface area contributed by atoms with Gasteiger partial charge in [-0.15, -0.1) is 0 Å². The number of hydrogen-bond donors (Lipinski definition) is 1. The number of nitrogens with one attached hydrogen (secondary N) is 1. The number of thioether (sulfide) groups is 1. The van der Waals surface area contributed by atoms with Gasteiger partial charge in [0.1, 0.15) is 0 Å². The van der Waals surface area contributed by atoms with Crippen LogP contribution in [0.4, 0.5) is 0 Å². The molecule has 1 aliphatic carbocycles. The summed E-state index contributed by atoms with van der Waals surface area (Å²) in [5, 5.41) is 4.12. The molecule has 1 aromatic carbocycles. The molecule has 128 valence electrons. The predicted octanol–water partition coefficient (Wildman–Crippen LogP) is 1.98. The van der Waals surface area contributed by atoms with Crippen molar-refractivity contribution in [2.75, 3.05) is 26.0 Å². The van der Waals surface area contributed by atoms with Gasteiger partial charge in [-0.3, -0.25) is 14.2 Å². The van der Waals surface area contributed by atoms with E-state index in [-0.39, 0.29) is 23.3 Å². The smallest absolute Gasteiger partial charge is 0.262 e. The van der Waals surface area contributed by atoms with E-state index in [1.807, 2.05) is 18.2 Å². The molecule has 6 nitrogen and oxygen atoms in total. The number of carbonyl (C=O) groups is 1. The summed E-state index contributed by atoms with van der Waals surface area (Å²) in [5.74, 6) is 0.200. The summed E-state index contributed by atoms with van der Waals surface area (Å²) in [6.45, 7) is 1.22. The van der Waals surface area contributed by atoms with Gasteiger partial charge in [0.15, 0.2) is 5.16 Å². The molecule has 1 aliphatic rings. The molecule has 0 radical (unpaired) electrons. The highest BCUT2D eigenvalue weighted by atomic mass is 32.2. The summed E-state index contributed by atoms with van der Waals surface area (Å²) < 4.78 is 6.71. The summed E-state index contributed by atoms with van der Waals surface area (Å²) in [4.78, 5) is 29.3. The van der Waals surface area contributed by atoms with E-state index in [4.69, 9.17) is 4.74 Å². The van der Waals surface area contributed by atoms with Crippen molar-refractivity contribution in [1.82, 2.24) is 14.9 Å². The third kappa shape index (κ3) is 3.96. The summed E-state index contributed by atoms with van der Waals surface area (Å²) in [5.41, 5.74) is 0.675. The maximum absolute atomic E-state index is 12.7. The Balaban J connectivity index is 1.73. The second kappa shape index (κ2) is 7.81. The summed E-state index contributed by atoms with van der Waals surface area (Å²) >= 11 is 1.32. The van der Waals surface area contributed by atoms with Crippen LogP contribution in [0.2, 0.25) is 0 Å². The van der Waals surface area contributed by atoms with Crippen molar-refractivity contribution in [3.63, 3.8) is 0 Å². The molecule has 1 saturated carbocycles. The van der Waals surface area contributed by atoms with E-state index in [0.29, 0.717) is 29.2 Å². The van der Waals surface area contributed by atoms with Crippen molar-refractivity contribution in [3.05, 3.63) is 34.6 Å². The third-order valence-corrected chi connectivity index (χ3v) is 4.82. The Hall–Kier alpha value is -1.86. The van der Waals surface area contributed by atoms with E-state index >= 15 is 0 Å². The molecule has 0 saturated heterocycles. The molecule has 1 aromatic heterocycles. The van der Waals surface area contributed by atoms with Crippen LogP contribution in [0.1, 0.15) is 25.3 Å². The van der Waals surface area contributed by atoms with Crippen LogP contribution in [0.5, 0.6) is 0 Å². The zero-order chi connectivity index (χ0) is 16.9. The first kappa shape index (κ1) is 17.0. The minimum absolute atomic E-state index is 0.00824. The lowest BCUT2D eigenvalue weighted by Crippen LogP contribution is -2.28. The highest BCUT2D eigenvalue weighted by Gasteiger charge is 2.28. The predicted molar refractivity (Wildman–Crippen MR) is 94.5 cm³/mol. The molecule has 0 spiro atoms. The molecule has 2 aromatic rings. The van der Waals surface area contributed by atoms with Crippen LogP contribution in [0.25, 0.3) is 10.9 Å². The lowest BCUT2D eigenvalue weighted by atomic mass is 10.2. The fourth-order valence-electron chi connectivity index (χ4n) is 2.51. The standard InChI is InChI=1S/C17H21N3O3S/c1-23-10-4-9-18-15(21)11-24-17-19-14-6-3-2-5-13(14)16(22)20(17)12-7-8-12/h2-3,5-6,12H,4,7-11H2,1H3,(H,18,21). The average molecular weight is 347 g/mol. The molecule has 0 unspecified atom stereocenters. The molecule has 0 bridgehead atoms. The van der Waals surface area contributed by atoms with E-state index in [1.165, 1.54) is 11.8 Å². The first-order chi connectivity index (χ1) is 11.7. The molecule has 24 heavy (non-hydrogen) atoms. The summed E-state index contributed by atoms with van der Waals surface area (Å²) in [7, 11) is 1.64. The minimum Gasteiger partial charge on any atom is -0.385 e. The van der Waals surface area contributed by atoms with Crippen molar-refractivity contribution in [2.24, 2.45) is 0 Å². The largest absolute Gasteiger partial charge is 0.385 e. The van der Waals surface area contributed by atoms with Crippen molar-refractivity contribution >= 4 is 28.6 Å². The number of methoxy groups -OCH3 is 1. The number of ether oxygens (including phenoxy) is 1. The molecule has 1 fully saturated rings. The van der Waals surface area contributed by atoms with Gasteiger partial charge < -0.3 is 10.1 Å². The molecule has 0 atom stereocenters. The minimum atomic E-state index is -0.0548. The summed E-state index contributed by atoms with van der Waals surface area (Å²) in [6.07, 6.45) is 2.78. The fourth-order valence-corrected chi connectivity index (χ4v) is 3.40. The van der Waals surface area contributed by atoms with E-state index in [0.717, 1.165) is 19.3 Å². The highest BCUT2D eigenvalue weighted by Crippen LogP contribution is 2.36. The molecule has 1 heterocycles. The first-order valence-corrected chi connectivity index (χ1v) is 9.09. The maximum Gasteiger partial charge on any atom is 0.262 e. The Labute approximate surface area is 144 Å². The maximum atomic E-state index is 12.7. The van der Waals surface area contributed by atoms with Gasteiger partial charge in [0.05, 0.1) is 16.7 Å². The van der Waals surface area contributed by atoms with Gasteiger partial charge in [0, 0.05) is 26.3 Å². The molecule has 7 heteroatoms. The Morgan fingerprint density at radius 2 is 2.21 bits per heavy atom. The van der Waals surface area contributed by atoms with Crippen molar-refractivity contribution in [1.29, 1.82) is 0 Å². The number of nitrogens with zero attached hydrogens (tertiary/aromatic N) is 2. The molecule has 3 rings (SSSR count). The van der Waals surface area contributed by atoms with Crippen molar-refractivity contribution in [3.8, 4) is 0 Å². The third-order valence-electron chi connectivity index (χ3n) is 3.87. The zero-order valence-electron chi connectivity index (χ0n) is 13.7. The fraction of sp³-hybridized carbons (Fsp3) is 0.471. The van der Waals surface area contributed by atoms with Gasteiger partial charge in [-0.25, -0.2) is 4.98 Å². The Morgan fingerprint density at radius 3 is 2.96 bits per heavy atom. The Bertz CT molecular complexity index is 786. The zero-order valence-corrected chi connectivity index (χ0v) is 14.5. The summed E-state index contributed by atoms with van der Waals surface area (Å²) in [6, 6.07) is 7.58. The number of hydrogen-bond acceptors (Lipinski definition) is 5. The van der Waals surface area contributed by atoms with Crippen LogP contribution in [-0.4, -0.2) is 41.5 Å². The normalized spacial score (nSPS) is 14.0. The van der Waals surface area contributed by atoms with Crippen LogP contribution < -0.4 is 10.9 Å². The van der Waals surface area contributed by atoms with Crippen LogP contribution in [0, 0.1) is 0 Å². The molecule has 0 aliphatic heterocycles. The molecule has 1 N–H and O–H groups in total. The van der Waals surface area contributed by atoms with Crippen LogP contribution in [0.15, 0.2) is 34.2 Å². The second-order valence-corrected chi connectivity index (χ2v) is 6.75. The lowest BCUT2D eigenvalue weighted by molar-refractivity contribution is -0.118. The van der Waals surface area contributed by atoms with E-state index in [2.05, 4.69) is 10.3 Å². The number of benzene rings is 1. The molecular formula is C17H21N3O3S. The number of carbonyl (C=O) groups excluding carboxylic acids is 1. The van der Waals surface area contributed by atoms with Crippen molar-refractivity contribution < 1.29 is 9.53 Å². The quantitative estimate of drug-likeness (QED) is 0.449. The lowest BCUT2D eigenvalue weighted by Gasteiger charge is -2.12. The van der Waals surface area contributed by atoms with Gasteiger partial charge in [-0.05, 0) is 31.4 Å². The van der Waals surface area contributed by atoms with Crippen LogP contribution in [0.3, 0.4) is 0 Å². The van der Waals surface area contributed by atoms with Crippen LogP contribution >= 0.6 is 11.8 Å². The Kier molecular flexibility index (Phi) is 5.52.